The van der Waals surface area contributed by atoms with Crippen LogP contribution in [0.25, 0.3) is 11.2 Å². The molecule has 7 nitrogen and oxygen atoms in total. The molecule has 14 heavy (non-hydrogen) atoms. The average Bonchev–Trinajstić information content (AvgIpc) is 2.57. The van der Waals surface area contributed by atoms with Crippen LogP contribution < -0.4 is 16.7 Å². The third-order valence-corrected chi connectivity index (χ3v) is 2.05. The summed E-state index contributed by atoms with van der Waals surface area (Å²) in [5, 5.41) is 0. The maximum Gasteiger partial charge on any atom is 0.282 e. The van der Waals surface area contributed by atoms with Crippen LogP contribution in [-0.4, -0.2) is 26.3 Å². The summed E-state index contributed by atoms with van der Waals surface area (Å²) in [6.45, 7) is 0. The quantitative estimate of drug-likeness (QED) is 0.600. The van der Waals surface area contributed by atoms with Crippen molar-refractivity contribution in [2.45, 2.75) is 0 Å². The normalized spacial score (nSPS) is 10.7. The van der Waals surface area contributed by atoms with Gasteiger partial charge in [0.15, 0.2) is 11.2 Å². The third kappa shape index (κ3) is 0.951. The number of nitrogen functional groups attached to an aromatic ring is 1. The number of nitrogens with two attached hydrogens (primary N) is 1. The van der Waals surface area contributed by atoms with E-state index in [1.54, 1.807) is 14.1 Å². The second kappa shape index (κ2) is 2.72. The van der Waals surface area contributed by atoms with Crippen molar-refractivity contribution in [1.82, 2.24) is 19.2 Å². The number of nitrogens with one attached hydrogen (secondary N) is 1. The van der Waals surface area contributed by atoms with Crippen molar-refractivity contribution >= 4 is 17.1 Å². The number of rotatable bonds is 1. The van der Waals surface area contributed by atoms with Gasteiger partial charge in [0, 0.05) is 14.1 Å². The zero-order valence-corrected chi connectivity index (χ0v) is 7.85. The predicted molar refractivity (Wildman–Crippen MR) is 52.5 cm³/mol. The zero-order chi connectivity index (χ0) is 10.3. The van der Waals surface area contributed by atoms with Gasteiger partial charge in [-0.1, -0.05) is 0 Å². The molecule has 0 saturated carbocycles. The Balaban J connectivity index is 2.94. The lowest BCUT2D eigenvalue weighted by molar-refractivity contribution is 0.851. The van der Waals surface area contributed by atoms with Crippen molar-refractivity contribution in [3.8, 4) is 0 Å². The lowest BCUT2D eigenvalue weighted by Gasteiger charge is -2.03. The van der Waals surface area contributed by atoms with E-state index < -0.39 is 0 Å². The largest absolute Gasteiger partial charge is 0.369 e. The van der Waals surface area contributed by atoms with Gasteiger partial charge in [0.1, 0.15) is 6.33 Å². The van der Waals surface area contributed by atoms with Crippen LogP contribution in [0.3, 0.4) is 0 Å². The Bertz CT molecular complexity index is 539. The number of hydrogen-bond acceptors (Lipinski definition) is 5. The molecule has 0 aliphatic rings. The number of nitrogens with zero attached hydrogens (tertiary/aromatic N) is 4. The van der Waals surface area contributed by atoms with E-state index in [0.29, 0.717) is 11.2 Å². The summed E-state index contributed by atoms with van der Waals surface area (Å²) in [4.78, 5) is 19.6. The summed E-state index contributed by atoms with van der Waals surface area (Å²) < 4.78 is 2.79. The Hall–Kier alpha value is -2.05. The minimum absolute atomic E-state index is 0.166. The molecule has 2 heterocycles. The van der Waals surface area contributed by atoms with Gasteiger partial charge in [0.05, 0.1) is 0 Å². The van der Waals surface area contributed by atoms with Gasteiger partial charge in [-0.25, -0.2) is 9.66 Å². The van der Waals surface area contributed by atoms with Crippen LogP contribution in [-0.2, 0) is 7.05 Å². The van der Waals surface area contributed by atoms with Gasteiger partial charge in [0.25, 0.3) is 5.56 Å². The van der Waals surface area contributed by atoms with Crippen LogP contribution in [0.2, 0.25) is 0 Å². The fourth-order valence-electron chi connectivity index (χ4n) is 1.21. The molecule has 0 fully saturated rings. The second-order valence-corrected chi connectivity index (χ2v) is 2.84. The molecule has 0 saturated heterocycles. The number of hydrogen-bond donors (Lipinski definition) is 2. The smallest absolute Gasteiger partial charge is 0.282 e. The van der Waals surface area contributed by atoms with E-state index in [2.05, 4.69) is 15.4 Å². The summed E-state index contributed by atoms with van der Waals surface area (Å²) in [5.41, 5.74) is 8.86. The van der Waals surface area contributed by atoms with E-state index in [1.165, 1.54) is 15.6 Å². The van der Waals surface area contributed by atoms with E-state index in [-0.39, 0.29) is 11.5 Å². The lowest BCUT2D eigenvalue weighted by atomic mass is 10.5. The fourth-order valence-corrected chi connectivity index (χ4v) is 1.21. The maximum absolute atomic E-state index is 11.6. The molecule has 0 aliphatic carbocycles. The Kier molecular flexibility index (Phi) is 1.66. The van der Waals surface area contributed by atoms with Crippen LogP contribution >= 0.6 is 0 Å². The monoisotopic (exact) mass is 194 g/mol. The van der Waals surface area contributed by atoms with E-state index >= 15 is 0 Å². The molecule has 0 spiro atoms. The minimum Gasteiger partial charge on any atom is -0.369 e. The number of imidazole rings is 1. The van der Waals surface area contributed by atoms with Gasteiger partial charge in [0.2, 0.25) is 5.95 Å². The summed E-state index contributed by atoms with van der Waals surface area (Å²) in [5.74, 6) is 0.166. The number of fused-ring (bicyclic) bond motifs is 1. The predicted octanol–water partition coefficient (Wildman–Crippen LogP) is -1.11. The van der Waals surface area contributed by atoms with Gasteiger partial charge >= 0.3 is 0 Å². The van der Waals surface area contributed by atoms with Gasteiger partial charge in [-0.05, 0) is 0 Å². The van der Waals surface area contributed by atoms with E-state index in [1.807, 2.05) is 0 Å². The molecular weight excluding hydrogens is 184 g/mol. The standard InChI is InChI=1S/C7H10N6O/c1-9-13-3-10-4-5(13)11-7(8)12(2)6(4)14/h3,9H,1-2H3,(H2,8,11). The molecule has 2 aromatic heterocycles. The highest BCUT2D eigenvalue weighted by Crippen LogP contribution is 2.05. The van der Waals surface area contributed by atoms with Crippen LogP contribution in [0.15, 0.2) is 11.1 Å². The summed E-state index contributed by atoms with van der Waals surface area (Å²) >= 11 is 0. The Morgan fingerprint density at radius 3 is 2.93 bits per heavy atom. The highest BCUT2D eigenvalue weighted by atomic mass is 16.1. The van der Waals surface area contributed by atoms with Crippen molar-refractivity contribution < 1.29 is 0 Å². The minimum atomic E-state index is -0.249. The van der Waals surface area contributed by atoms with Crippen LogP contribution in [0.5, 0.6) is 0 Å². The first-order valence-corrected chi connectivity index (χ1v) is 4.02. The molecule has 3 N–H and O–H groups in total. The van der Waals surface area contributed by atoms with E-state index in [0.717, 1.165) is 0 Å². The number of aromatic nitrogens is 4. The zero-order valence-electron chi connectivity index (χ0n) is 7.85. The molecular formula is C7H10N6O. The maximum atomic E-state index is 11.6. The Morgan fingerprint density at radius 2 is 2.29 bits per heavy atom. The first-order chi connectivity index (χ1) is 6.65. The topological polar surface area (TPSA) is 90.8 Å². The number of anilines is 1. The Labute approximate surface area is 79.2 Å². The molecule has 74 valence electrons. The molecule has 0 aromatic carbocycles. The molecule has 0 aliphatic heterocycles. The summed E-state index contributed by atoms with van der Waals surface area (Å²) in [6, 6.07) is 0. The van der Waals surface area contributed by atoms with Crippen LogP contribution in [0, 0.1) is 0 Å². The molecule has 7 heteroatoms. The first-order valence-electron chi connectivity index (χ1n) is 4.02. The van der Waals surface area contributed by atoms with E-state index in [9.17, 15) is 4.79 Å². The van der Waals surface area contributed by atoms with Gasteiger partial charge in [-0.3, -0.25) is 9.36 Å². The van der Waals surface area contributed by atoms with Crippen molar-refractivity contribution in [2.75, 3.05) is 18.2 Å². The van der Waals surface area contributed by atoms with Gasteiger partial charge < -0.3 is 11.2 Å². The Morgan fingerprint density at radius 1 is 1.57 bits per heavy atom. The molecule has 0 radical (unpaired) electrons. The summed E-state index contributed by atoms with van der Waals surface area (Å²) in [6.07, 6.45) is 1.48. The lowest BCUT2D eigenvalue weighted by Crippen LogP contribution is -2.22. The van der Waals surface area contributed by atoms with Gasteiger partial charge in [-0.2, -0.15) is 4.98 Å². The highest BCUT2D eigenvalue weighted by Gasteiger charge is 2.10. The SMILES string of the molecule is CNn1cnc2c(=O)n(C)c(N)nc21. The molecule has 2 rings (SSSR count). The average molecular weight is 194 g/mol. The van der Waals surface area contributed by atoms with Crippen LogP contribution in [0.1, 0.15) is 0 Å². The fraction of sp³-hybridized carbons (Fsp3) is 0.286. The van der Waals surface area contributed by atoms with Crippen molar-refractivity contribution in [3.63, 3.8) is 0 Å². The summed E-state index contributed by atoms with van der Waals surface area (Å²) in [7, 11) is 3.26. The van der Waals surface area contributed by atoms with Crippen molar-refractivity contribution in [2.24, 2.45) is 7.05 Å². The first kappa shape index (κ1) is 8.54. The van der Waals surface area contributed by atoms with E-state index in [4.69, 9.17) is 5.73 Å². The molecule has 0 unspecified atom stereocenters. The molecule has 2 aromatic rings. The third-order valence-electron chi connectivity index (χ3n) is 2.05. The second-order valence-electron chi connectivity index (χ2n) is 2.84. The molecule has 0 bridgehead atoms. The highest BCUT2D eigenvalue weighted by molar-refractivity contribution is 5.71. The molecule has 0 atom stereocenters. The van der Waals surface area contributed by atoms with Crippen LogP contribution in [0.4, 0.5) is 5.95 Å². The van der Waals surface area contributed by atoms with Crippen molar-refractivity contribution in [3.05, 3.63) is 16.7 Å². The van der Waals surface area contributed by atoms with Crippen molar-refractivity contribution in [1.29, 1.82) is 0 Å². The molecule has 0 amide bonds. The van der Waals surface area contributed by atoms with Gasteiger partial charge in [-0.15, -0.1) is 0 Å².